The van der Waals surface area contributed by atoms with Crippen LogP contribution in [0.4, 0.5) is 0 Å². The van der Waals surface area contributed by atoms with E-state index in [-0.39, 0.29) is 17.4 Å². The quantitative estimate of drug-likeness (QED) is 0.350. The molecule has 29 heavy (non-hydrogen) atoms. The summed E-state index contributed by atoms with van der Waals surface area (Å²) >= 11 is 3.53. The number of terminal acetylenes is 1. The van der Waals surface area contributed by atoms with Crippen LogP contribution in [0.1, 0.15) is 85.5 Å². The Labute approximate surface area is 184 Å². The highest BCUT2D eigenvalue weighted by Crippen LogP contribution is 2.66. The number of rotatable bonds is 2. The summed E-state index contributed by atoms with van der Waals surface area (Å²) in [5, 5.41) is 10.4. The standard InChI is InChI=1S/C22H36O3.C2H2.CH4S/c1-20(2,24)25-17-13-14-7-5-6-10-22(14,4)15-8-11-21(3)12-9-16(23)19(21)18(15)17;2*1-2/h14-15,17-19,24H,5-13H2,1-4H3;1-2H;2H,1H3/t14?,15?,17-,18?,19?,21+,22-;;/m0../s1. The molecule has 0 spiro atoms. The monoisotopic (exact) mass is 422 g/mol. The Morgan fingerprint density at radius 2 is 1.76 bits per heavy atom. The molecule has 166 valence electrons. The third-order valence-electron chi connectivity index (χ3n) is 8.60. The second-order valence-corrected chi connectivity index (χ2v) is 10.6. The van der Waals surface area contributed by atoms with Crippen LogP contribution in [0, 0.1) is 47.3 Å². The number of carbonyl (C=O) groups is 1. The van der Waals surface area contributed by atoms with E-state index in [0.717, 1.165) is 19.3 Å². The van der Waals surface area contributed by atoms with Crippen molar-refractivity contribution in [2.45, 2.75) is 97.4 Å². The molecule has 4 aliphatic rings. The van der Waals surface area contributed by atoms with Gasteiger partial charge in [0, 0.05) is 12.3 Å². The Bertz CT molecular complexity index is 595. The molecular formula is C25H42O3S. The second-order valence-electron chi connectivity index (χ2n) is 10.6. The van der Waals surface area contributed by atoms with Crippen molar-refractivity contribution in [1.29, 1.82) is 0 Å². The molecule has 4 aliphatic carbocycles. The number of ketones is 1. The van der Waals surface area contributed by atoms with Crippen LogP contribution in [-0.2, 0) is 9.53 Å². The van der Waals surface area contributed by atoms with Gasteiger partial charge in [-0.1, -0.05) is 26.7 Å². The first kappa shape index (κ1) is 24.8. The maximum atomic E-state index is 12.9. The van der Waals surface area contributed by atoms with Crippen molar-refractivity contribution in [3.8, 4) is 12.8 Å². The molecule has 1 N–H and O–H groups in total. The molecule has 7 atom stereocenters. The van der Waals surface area contributed by atoms with Crippen LogP contribution >= 0.6 is 12.6 Å². The summed E-state index contributed by atoms with van der Waals surface area (Å²) in [5.74, 6) is 1.08. The van der Waals surface area contributed by atoms with Crippen molar-refractivity contribution in [1.82, 2.24) is 0 Å². The zero-order valence-electron chi connectivity index (χ0n) is 19.1. The summed E-state index contributed by atoms with van der Waals surface area (Å²) in [6.07, 6.45) is 20.3. The van der Waals surface area contributed by atoms with Crippen LogP contribution in [0.15, 0.2) is 0 Å². The van der Waals surface area contributed by atoms with E-state index in [4.69, 9.17) is 4.74 Å². The van der Waals surface area contributed by atoms with Crippen LogP contribution < -0.4 is 0 Å². The summed E-state index contributed by atoms with van der Waals surface area (Å²) in [7, 11) is 0. The maximum Gasteiger partial charge on any atom is 0.160 e. The Balaban J connectivity index is 0.000000707. The van der Waals surface area contributed by atoms with Gasteiger partial charge in [0.15, 0.2) is 5.79 Å². The van der Waals surface area contributed by atoms with Gasteiger partial charge < -0.3 is 9.84 Å². The zero-order valence-corrected chi connectivity index (χ0v) is 20.0. The molecule has 0 aromatic heterocycles. The van der Waals surface area contributed by atoms with Gasteiger partial charge >= 0.3 is 0 Å². The van der Waals surface area contributed by atoms with Crippen molar-refractivity contribution in [3.63, 3.8) is 0 Å². The van der Waals surface area contributed by atoms with E-state index in [9.17, 15) is 9.90 Å². The second kappa shape index (κ2) is 9.33. The zero-order chi connectivity index (χ0) is 22.0. The first-order valence-corrected chi connectivity index (χ1v) is 12.2. The lowest BCUT2D eigenvalue weighted by Gasteiger charge is -2.62. The van der Waals surface area contributed by atoms with Crippen molar-refractivity contribution in [2.24, 2.45) is 34.5 Å². The molecule has 0 aromatic carbocycles. The number of fused-ring (bicyclic) bond motifs is 5. The fraction of sp³-hybridized carbons (Fsp3) is 0.880. The molecule has 3 nitrogen and oxygen atoms in total. The van der Waals surface area contributed by atoms with Crippen LogP contribution in [0.5, 0.6) is 0 Å². The molecule has 0 aliphatic heterocycles. The predicted octanol–water partition coefficient (Wildman–Crippen LogP) is 5.51. The van der Waals surface area contributed by atoms with Gasteiger partial charge in [0.2, 0.25) is 0 Å². The summed E-state index contributed by atoms with van der Waals surface area (Å²) in [5.41, 5.74) is 0.532. The fourth-order valence-electron chi connectivity index (χ4n) is 7.46. The van der Waals surface area contributed by atoms with Gasteiger partial charge in [0.25, 0.3) is 0 Å². The van der Waals surface area contributed by atoms with Gasteiger partial charge in [-0.25, -0.2) is 0 Å². The highest BCUT2D eigenvalue weighted by atomic mass is 32.1. The van der Waals surface area contributed by atoms with Crippen LogP contribution in [-0.4, -0.2) is 29.0 Å². The Hall–Kier alpha value is -0.500. The average molecular weight is 423 g/mol. The van der Waals surface area contributed by atoms with Crippen LogP contribution in [0.2, 0.25) is 0 Å². The van der Waals surface area contributed by atoms with E-state index in [0.29, 0.717) is 29.0 Å². The highest BCUT2D eigenvalue weighted by Gasteiger charge is 2.63. The van der Waals surface area contributed by atoms with Crippen molar-refractivity contribution in [3.05, 3.63) is 0 Å². The molecule has 0 saturated heterocycles. The number of hydrogen-bond acceptors (Lipinski definition) is 4. The molecule has 0 heterocycles. The third-order valence-corrected chi connectivity index (χ3v) is 8.60. The van der Waals surface area contributed by atoms with Gasteiger partial charge in [-0.15, -0.1) is 12.8 Å². The van der Waals surface area contributed by atoms with E-state index < -0.39 is 5.79 Å². The summed E-state index contributed by atoms with van der Waals surface area (Å²) in [6.45, 7) is 8.34. The van der Waals surface area contributed by atoms with E-state index in [1.165, 1.54) is 38.5 Å². The first-order chi connectivity index (χ1) is 13.6. The Kier molecular flexibility index (Phi) is 7.97. The minimum atomic E-state index is -1.12. The fourth-order valence-corrected chi connectivity index (χ4v) is 7.46. The van der Waals surface area contributed by atoms with Gasteiger partial charge in [0.1, 0.15) is 5.78 Å². The molecule has 4 heteroatoms. The molecule has 0 aromatic rings. The number of thiol groups is 1. The first-order valence-electron chi connectivity index (χ1n) is 11.4. The lowest BCUT2D eigenvalue weighted by atomic mass is 9.44. The average Bonchev–Trinajstić information content (AvgIpc) is 2.99. The largest absolute Gasteiger partial charge is 0.366 e. The third kappa shape index (κ3) is 4.58. The Morgan fingerprint density at radius 1 is 1.10 bits per heavy atom. The van der Waals surface area contributed by atoms with E-state index in [1.807, 2.05) is 0 Å². The SMILES string of the molecule is C#C.CC(C)(O)O[C@H]1CC2CCCC[C@]2(C)C2CC[C@]3(C)CCC(=O)C3C21.CS. The topological polar surface area (TPSA) is 46.5 Å². The smallest absolute Gasteiger partial charge is 0.160 e. The minimum absolute atomic E-state index is 0.0350. The molecule has 0 amide bonds. The molecular weight excluding hydrogens is 380 g/mol. The van der Waals surface area contributed by atoms with Crippen molar-refractivity contribution >= 4 is 18.4 Å². The normalized spacial score (nSPS) is 43.5. The van der Waals surface area contributed by atoms with Crippen LogP contribution in [0.25, 0.3) is 0 Å². The number of Topliss-reactive ketones (excluding diaryl/α,β-unsaturated/α-hetero) is 1. The summed E-state index contributed by atoms with van der Waals surface area (Å²) in [4.78, 5) is 12.9. The van der Waals surface area contributed by atoms with E-state index >= 15 is 0 Å². The maximum absolute atomic E-state index is 12.9. The van der Waals surface area contributed by atoms with Crippen molar-refractivity contribution < 1.29 is 14.6 Å². The van der Waals surface area contributed by atoms with Gasteiger partial charge in [0.05, 0.1) is 6.10 Å². The highest BCUT2D eigenvalue weighted by molar-refractivity contribution is 7.79. The summed E-state index contributed by atoms with van der Waals surface area (Å²) < 4.78 is 6.25. The number of ether oxygens (including phenoxy) is 1. The molecule has 4 unspecified atom stereocenters. The number of aliphatic hydroxyl groups is 1. The van der Waals surface area contributed by atoms with Crippen molar-refractivity contribution in [2.75, 3.05) is 6.26 Å². The Morgan fingerprint density at radius 3 is 2.38 bits per heavy atom. The van der Waals surface area contributed by atoms with Gasteiger partial charge in [-0.05, 0) is 87.2 Å². The van der Waals surface area contributed by atoms with E-state index in [2.05, 4.69) is 39.3 Å². The van der Waals surface area contributed by atoms with Crippen LogP contribution in [0.3, 0.4) is 0 Å². The summed E-state index contributed by atoms with van der Waals surface area (Å²) in [6, 6.07) is 0. The predicted molar refractivity (Wildman–Crippen MR) is 123 cm³/mol. The van der Waals surface area contributed by atoms with Gasteiger partial charge in [-0.2, -0.15) is 12.6 Å². The van der Waals surface area contributed by atoms with Gasteiger partial charge in [-0.3, -0.25) is 4.79 Å². The molecule has 0 radical (unpaired) electrons. The number of carbonyl (C=O) groups excluding carboxylic acids is 1. The molecule has 4 rings (SSSR count). The lowest BCUT2D eigenvalue weighted by molar-refractivity contribution is -0.261. The number of hydrogen-bond donors (Lipinski definition) is 2. The lowest BCUT2D eigenvalue weighted by Crippen LogP contribution is -2.59. The van der Waals surface area contributed by atoms with E-state index in [1.54, 1.807) is 20.1 Å². The molecule has 4 saturated carbocycles. The molecule has 0 bridgehead atoms. The minimum Gasteiger partial charge on any atom is -0.366 e. The molecule has 4 fully saturated rings.